The summed E-state index contributed by atoms with van der Waals surface area (Å²) in [5.74, 6) is 0.759. The number of nitrogens with one attached hydrogen (secondary N) is 2. The minimum atomic E-state index is -0.336. The van der Waals surface area contributed by atoms with Crippen LogP contribution in [-0.2, 0) is 7.05 Å². The molecule has 2 amide bonds. The number of hydrogen-bond acceptors (Lipinski definition) is 4. The number of amides is 2. The Bertz CT molecular complexity index is 1100. The van der Waals surface area contributed by atoms with Crippen LogP contribution in [0.4, 0.5) is 16.2 Å². The number of benzene rings is 2. The van der Waals surface area contributed by atoms with Gasteiger partial charge in [-0.3, -0.25) is 9.58 Å². The Kier molecular flexibility index (Phi) is 6.91. The fourth-order valence-corrected chi connectivity index (χ4v) is 4.19. The van der Waals surface area contributed by atoms with Gasteiger partial charge in [-0.2, -0.15) is 5.10 Å². The van der Waals surface area contributed by atoms with Gasteiger partial charge in [-0.05, 0) is 88.3 Å². The number of likely N-dealkylation sites (tertiary alicyclic amines) is 1. The lowest BCUT2D eigenvalue weighted by atomic mass is 10.0. The molecule has 1 aliphatic heterocycles. The van der Waals surface area contributed by atoms with E-state index in [9.17, 15) is 4.79 Å². The second-order valence-corrected chi connectivity index (χ2v) is 9.37. The number of carbonyl (C=O) groups is 1. The van der Waals surface area contributed by atoms with Gasteiger partial charge in [-0.1, -0.05) is 11.6 Å². The van der Waals surface area contributed by atoms with Gasteiger partial charge in [0.1, 0.15) is 12.4 Å². The molecule has 2 N–H and O–H groups in total. The molecule has 0 radical (unpaired) electrons. The largest absolute Gasteiger partial charge is 0.491 e. The fourth-order valence-electron chi connectivity index (χ4n) is 4.07. The van der Waals surface area contributed by atoms with Crippen LogP contribution in [0.3, 0.4) is 0 Å². The molecule has 2 heterocycles. The molecule has 0 saturated carbocycles. The van der Waals surface area contributed by atoms with E-state index in [2.05, 4.69) is 34.5 Å². The number of rotatable bonds is 7. The summed E-state index contributed by atoms with van der Waals surface area (Å²) < 4.78 is 8.13. The SMILES string of the molecule is Cn1nccc1-c1cc(NC(=O)Nc2ccc(Cl)cc2)ccc1OCC(C)(C)N1CCCC1. The highest BCUT2D eigenvalue weighted by molar-refractivity contribution is 6.30. The van der Waals surface area contributed by atoms with E-state index >= 15 is 0 Å². The van der Waals surface area contributed by atoms with Crippen molar-refractivity contribution in [2.45, 2.75) is 32.2 Å². The first-order valence-electron chi connectivity index (χ1n) is 11.2. The summed E-state index contributed by atoms with van der Waals surface area (Å²) in [7, 11) is 1.89. The second kappa shape index (κ2) is 9.85. The topological polar surface area (TPSA) is 71.4 Å². The highest BCUT2D eigenvalue weighted by Gasteiger charge is 2.30. The predicted molar refractivity (Wildman–Crippen MR) is 133 cm³/mol. The minimum absolute atomic E-state index is 0.0599. The third-order valence-electron chi connectivity index (χ3n) is 5.98. The summed E-state index contributed by atoms with van der Waals surface area (Å²) in [6, 6.07) is 14.2. The lowest BCUT2D eigenvalue weighted by molar-refractivity contribution is 0.0897. The molecule has 33 heavy (non-hydrogen) atoms. The van der Waals surface area contributed by atoms with Crippen molar-refractivity contribution in [2.75, 3.05) is 30.3 Å². The van der Waals surface area contributed by atoms with Crippen molar-refractivity contribution in [1.29, 1.82) is 0 Å². The van der Waals surface area contributed by atoms with E-state index < -0.39 is 0 Å². The first kappa shape index (κ1) is 23.1. The zero-order valence-electron chi connectivity index (χ0n) is 19.3. The molecule has 0 spiro atoms. The van der Waals surface area contributed by atoms with Crippen molar-refractivity contribution in [3.8, 4) is 17.0 Å². The van der Waals surface area contributed by atoms with Crippen molar-refractivity contribution in [3.05, 3.63) is 59.8 Å². The van der Waals surface area contributed by atoms with Crippen LogP contribution in [0.2, 0.25) is 5.02 Å². The maximum absolute atomic E-state index is 12.5. The fraction of sp³-hybridized carbons (Fsp3) is 0.360. The van der Waals surface area contributed by atoms with E-state index in [4.69, 9.17) is 16.3 Å². The van der Waals surface area contributed by atoms with Crippen LogP contribution in [0.5, 0.6) is 5.75 Å². The first-order chi connectivity index (χ1) is 15.8. The normalized spacial score (nSPS) is 14.3. The molecule has 0 aliphatic carbocycles. The summed E-state index contributed by atoms with van der Waals surface area (Å²) in [5.41, 5.74) is 3.04. The van der Waals surface area contributed by atoms with E-state index in [1.54, 1.807) is 35.1 Å². The maximum Gasteiger partial charge on any atom is 0.323 e. The molecule has 4 rings (SSSR count). The first-order valence-corrected chi connectivity index (χ1v) is 11.5. The molecular formula is C25H30ClN5O2. The Morgan fingerprint density at radius 2 is 1.73 bits per heavy atom. The van der Waals surface area contributed by atoms with E-state index in [0.29, 0.717) is 23.0 Å². The highest BCUT2D eigenvalue weighted by Crippen LogP contribution is 2.34. The Morgan fingerprint density at radius 1 is 1.06 bits per heavy atom. The Balaban J connectivity index is 1.52. The van der Waals surface area contributed by atoms with Crippen LogP contribution in [0.1, 0.15) is 26.7 Å². The standard InChI is InChI=1S/C25H30ClN5O2/c1-25(2,31-14-4-5-15-31)17-33-23-11-10-20(16-21(23)22-12-13-27-30(22)3)29-24(32)28-19-8-6-18(26)7-9-19/h6-13,16H,4-5,14-15,17H2,1-3H3,(H2,28,29,32). The summed E-state index contributed by atoms with van der Waals surface area (Å²) >= 11 is 5.91. The van der Waals surface area contributed by atoms with Gasteiger partial charge >= 0.3 is 6.03 Å². The van der Waals surface area contributed by atoms with Crippen LogP contribution in [-0.4, -0.2) is 45.9 Å². The Labute approximate surface area is 199 Å². The third-order valence-corrected chi connectivity index (χ3v) is 6.23. The van der Waals surface area contributed by atoms with Gasteiger partial charge in [0.15, 0.2) is 0 Å². The molecule has 0 bridgehead atoms. The maximum atomic E-state index is 12.5. The minimum Gasteiger partial charge on any atom is -0.491 e. The third kappa shape index (κ3) is 5.67. The van der Waals surface area contributed by atoms with Gasteiger partial charge in [-0.15, -0.1) is 0 Å². The van der Waals surface area contributed by atoms with E-state index in [-0.39, 0.29) is 11.6 Å². The van der Waals surface area contributed by atoms with Crippen molar-refractivity contribution < 1.29 is 9.53 Å². The summed E-state index contributed by atoms with van der Waals surface area (Å²) in [4.78, 5) is 15.0. The summed E-state index contributed by atoms with van der Waals surface area (Å²) in [6.07, 6.45) is 4.23. The quantitative estimate of drug-likeness (QED) is 0.471. The van der Waals surface area contributed by atoms with Gasteiger partial charge in [0.05, 0.1) is 5.69 Å². The van der Waals surface area contributed by atoms with Crippen LogP contribution >= 0.6 is 11.6 Å². The zero-order chi connectivity index (χ0) is 23.4. The van der Waals surface area contributed by atoms with Crippen LogP contribution < -0.4 is 15.4 Å². The summed E-state index contributed by atoms with van der Waals surface area (Å²) in [5, 5.41) is 10.6. The number of carbonyl (C=O) groups excluding carboxylic acids is 1. The predicted octanol–water partition coefficient (Wildman–Crippen LogP) is 5.64. The molecule has 1 aromatic heterocycles. The number of aryl methyl sites for hydroxylation is 1. The number of urea groups is 1. The molecule has 0 unspecified atom stereocenters. The van der Waals surface area contributed by atoms with Gasteiger partial charge in [0.25, 0.3) is 0 Å². The molecule has 2 aromatic carbocycles. The van der Waals surface area contributed by atoms with E-state index in [0.717, 1.165) is 30.1 Å². The number of nitrogens with zero attached hydrogens (tertiary/aromatic N) is 3. The molecule has 1 aliphatic rings. The number of hydrogen-bond donors (Lipinski definition) is 2. The van der Waals surface area contributed by atoms with Crippen molar-refractivity contribution in [2.24, 2.45) is 7.05 Å². The Morgan fingerprint density at radius 3 is 2.39 bits per heavy atom. The van der Waals surface area contributed by atoms with Crippen molar-refractivity contribution in [3.63, 3.8) is 0 Å². The monoisotopic (exact) mass is 467 g/mol. The number of halogens is 1. The van der Waals surface area contributed by atoms with Gasteiger partial charge < -0.3 is 15.4 Å². The molecule has 0 atom stereocenters. The number of aromatic nitrogens is 2. The van der Waals surface area contributed by atoms with Gasteiger partial charge in [-0.25, -0.2) is 4.79 Å². The summed E-state index contributed by atoms with van der Waals surface area (Å²) in [6.45, 7) is 7.23. The molecule has 1 saturated heterocycles. The van der Waals surface area contributed by atoms with E-state index in [1.165, 1.54) is 12.8 Å². The van der Waals surface area contributed by atoms with Gasteiger partial charge in [0.2, 0.25) is 0 Å². The lowest BCUT2D eigenvalue weighted by Gasteiger charge is -2.35. The van der Waals surface area contributed by atoms with Gasteiger partial charge in [0, 0.05) is 40.7 Å². The molecule has 174 valence electrons. The zero-order valence-corrected chi connectivity index (χ0v) is 20.0. The molecule has 7 nitrogen and oxygen atoms in total. The average molecular weight is 468 g/mol. The van der Waals surface area contributed by atoms with Crippen molar-refractivity contribution in [1.82, 2.24) is 14.7 Å². The number of anilines is 2. The van der Waals surface area contributed by atoms with Crippen molar-refractivity contribution >= 4 is 29.0 Å². The Hall–Kier alpha value is -3.03. The van der Waals surface area contributed by atoms with Crippen LogP contribution in [0, 0.1) is 0 Å². The molecular weight excluding hydrogens is 438 g/mol. The average Bonchev–Trinajstić information content (AvgIpc) is 3.47. The number of ether oxygens (including phenoxy) is 1. The van der Waals surface area contributed by atoms with Crippen LogP contribution in [0.25, 0.3) is 11.3 Å². The van der Waals surface area contributed by atoms with Crippen LogP contribution in [0.15, 0.2) is 54.7 Å². The van der Waals surface area contributed by atoms with E-state index in [1.807, 2.05) is 31.3 Å². The molecule has 1 fully saturated rings. The highest BCUT2D eigenvalue weighted by atomic mass is 35.5. The molecule has 3 aromatic rings. The molecule has 8 heteroatoms. The lowest BCUT2D eigenvalue weighted by Crippen LogP contribution is -2.46. The smallest absolute Gasteiger partial charge is 0.323 e. The second-order valence-electron chi connectivity index (χ2n) is 8.93.